The molecule has 0 aliphatic carbocycles. The number of amides is 1. The molecule has 2 unspecified atom stereocenters. The zero-order valence-electron chi connectivity index (χ0n) is 13.1. The molecule has 1 fully saturated rings. The van der Waals surface area contributed by atoms with Crippen molar-refractivity contribution >= 4 is 11.6 Å². The van der Waals surface area contributed by atoms with E-state index in [4.69, 9.17) is 5.73 Å². The lowest BCUT2D eigenvalue weighted by molar-refractivity contribution is -0.123. The molecular formula is C17H27N3O. The van der Waals surface area contributed by atoms with E-state index in [0.717, 1.165) is 31.5 Å². The van der Waals surface area contributed by atoms with Gasteiger partial charge in [0.1, 0.15) is 0 Å². The number of nitrogens with zero attached hydrogens (tertiary/aromatic N) is 1. The first-order valence-electron chi connectivity index (χ1n) is 8.02. The Kier molecular flexibility index (Phi) is 5.62. The summed E-state index contributed by atoms with van der Waals surface area (Å²) in [5.74, 6) is -0.0593. The molecule has 1 aromatic carbocycles. The summed E-state index contributed by atoms with van der Waals surface area (Å²) in [4.78, 5) is 14.4. The molecule has 2 atom stereocenters. The van der Waals surface area contributed by atoms with Crippen LogP contribution in [0, 0.1) is 0 Å². The highest BCUT2D eigenvalue weighted by atomic mass is 16.2. The van der Waals surface area contributed by atoms with Crippen LogP contribution in [0.5, 0.6) is 0 Å². The summed E-state index contributed by atoms with van der Waals surface area (Å²) in [6.07, 6.45) is 4.19. The van der Waals surface area contributed by atoms with Crippen molar-refractivity contribution in [2.24, 2.45) is 5.73 Å². The van der Waals surface area contributed by atoms with E-state index in [2.05, 4.69) is 34.5 Å². The summed E-state index contributed by atoms with van der Waals surface area (Å²) in [6.45, 7) is 6.31. The molecule has 1 aliphatic rings. The van der Waals surface area contributed by atoms with Crippen molar-refractivity contribution in [3.05, 3.63) is 29.8 Å². The SMILES string of the molecule is CCCC(N)C(=O)NC(C)c1cccc(N2CCCC2)c1. The summed E-state index contributed by atoms with van der Waals surface area (Å²) in [5, 5.41) is 3.02. The summed E-state index contributed by atoms with van der Waals surface area (Å²) in [5.41, 5.74) is 8.25. The molecule has 2 rings (SSSR count). The van der Waals surface area contributed by atoms with E-state index in [0.29, 0.717) is 0 Å². The fourth-order valence-electron chi connectivity index (χ4n) is 2.81. The topological polar surface area (TPSA) is 58.4 Å². The van der Waals surface area contributed by atoms with Gasteiger partial charge in [-0.15, -0.1) is 0 Å². The molecule has 1 amide bonds. The molecule has 1 aliphatic heterocycles. The lowest BCUT2D eigenvalue weighted by Crippen LogP contribution is -2.41. The number of anilines is 1. The highest BCUT2D eigenvalue weighted by Gasteiger charge is 2.17. The van der Waals surface area contributed by atoms with E-state index < -0.39 is 6.04 Å². The van der Waals surface area contributed by atoms with Crippen molar-refractivity contribution < 1.29 is 4.79 Å². The second-order valence-corrected chi connectivity index (χ2v) is 5.91. The fourth-order valence-corrected chi connectivity index (χ4v) is 2.81. The van der Waals surface area contributed by atoms with Crippen molar-refractivity contribution in [1.82, 2.24) is 5.32 Å². The Bertz CT molecular complexity index is 469. The van der Waals surface area contributed by atoms with E-state index in [1.807, 2.05) is 13.8 Å². The van der Waals surface area contributed by atoms with Crippen molar-refractivity contribution in [3.63, 3.8) is 0 Å². The maximum absolute atomic E-state index is 12.0. The van der Waals surface area contributed by atoms with Crippen LogP contribution in [-0.2, 0) is 4.79 Å². The molecular weight excluding hydrogens is 262 g/mol. The number of carbonyl (C=O) groups excluding carboxylic acids is 1. The Hall–Kier alpha value is -1.55. The number of benzene rings is 1. The molecule has 4 nitrogen and oxygen atoms in total. The van der Waals surface area contributed by atoms with Crippen LogP contribution in [0.15, 0.2) is 24.3 Å². The van der Waals surface area contributed by atoms with Gasteiger partial charge < -0.3 is 16.0 Å². The Labute approximate surface area is 127 Å². The average Bonchev–Trinajstić information content (AvgIpc) is 3.01. The van der Waals surface area contributed by atoms with Crippen molar-refractivity contribution in [2.75, 3.05) is 18.0 Å². The molecule has 0 aromatic heterocycles. The molecule has 21 heavy (non-hydrogen) atoms. The summed E-state index contributed by atoms with van der Waals surface area (Å²) < 4.78 is 0. The van der Waals surface area contributed by atoms with Crippen LogP contribution < -0.4 is 16.0 Å². The molecule has 1 heterocycles. The van der Waals surface area contributed by atoms with Crippen molar-refractivity contribution in [2.45, 2.75) is 51.6 Å². The summed E-state index contributed by atoms with van der Waals surface area (Å²) >= 11 is 0. The van der Waals surface area contributed by atoms with E-state index >= 15 is 0 Å². The zero-order valence-corrected chi connectivity index (χ0v) is 13.1. The van der Waals surface area contributed by atoms with Crippen LogP contribution in [-0.4, -0.2) is 25.0 Å². The Morgan fingerprint density at radius 2 is 2.10 bits per heavy atom. The Morgan fingerprint density at radius 1 is 1.38 bits per heavy atom. The number of carbonyl (C=O) groups is 1. The van der Waals surface area contributed by atoms with Crippen LogP contribution >= 0.6 is 0 Å². The minimum atomic E-state index is -0.404. The lowest BCUT2D eigenvalue weighted by atomic mass is 10.1. The normalized spacial score (nSPS) is 17.6. The fraction of sp³-hybridized carbons (Fsp3) is 0.588. The smallest absolute Gasteiger partial charge is 0.237 e. The van der Waals surface area contributed by atoms with Crippen molar-refractivity contribution in [3.8, 4) is 0 Å². The number of rotatable bonds is 6. The number of hydrogen-bond acceptors (Lipinski definition) is 3. The number of nitrogens with two attached hydrogens (primary N) is 1. The summed E-state index contributed by atoms with van der Waals surface area (Å²) in [7, 11) is 0. The van der Waals surface area contributed by atoms with E-state index in [1.165, 1.54) is 18.5 Å². The van der Waals surface area contributed by atoms with Gasteiger partial charge in [0.05, 0.1) is 12.1 Å². The van der Waals surface area contributed by atoms with Gasteiger partial charge in [0.2, 0.25) is 5.91 Å². The monoisotopic (exact) mass is 289 g/mol. The van der Waals surface area contributed by atoms with Gasteiger partial charge in [-0.3, -0.25) is 4.79 Å². The maximum Gasteiger partial charge on any atom is 0.237 e. The van der Waals surface area contributed by atoms with Gasteiger partial charge in [-0.2, -0.15) is 0 Å². The number of hydrogen-bond donors (Lipinski definition) is 2. The maximum atomic E-state index is 12.0. The highest BCUT2D eigenvalue weighted by Crippen LogP contribution is 2.24. The molecule has 0 spiro atoms. The van der Waals surface area contributed by atoms with Crippen LogP contribution in [0.4, 0.5) is 5.69 Å². The Balaban J connectivity index is 2.00. The largest absolute Gasteiger partial charge is 0.372 e. The molecule has 0 bridgehead atoms. The van der Waals surface area contributed by atoms with Gasteiger partial charge in [0.25, 0.3) is 0 Å². The molecule has 4 heteroatoms. The molecule has 0 saturated carbocycles. The van der Waals surface area contributed by atoms with Gasteiger partial charge in [-0.05, 0) is 43.9 Å². The molecule has 116 valence electrons. The standard InChI is InChI=1S/C17H27N3O/c1-3-7-16(18)17(21)19-13(2)14-8-6-9-15(12-14)20-10-4-5-11-20/h6,8-9,12-13,16H,3-5,7,10-11,18H2,1-2H3,(H,19,21). The quantitative estimate of drug-likeness (QED) is 0.846. The second kappa shape index (κ2) is 7.46. The Morgan fingerprint density at radius 3 is 2.76 bits per heavy atom. The van der Waals surface area contributed by atoms with Gasteiger partial charge in [-0.25, -0.2) is 0 Å². The van der Waals surface area contributed by atoms with Crippen molar-refractivity contribution in [1.29, 1.82) is 0 Å². The van der Waals surface area contributed by atoms with E-state index in [1.54, 1.807) is 0 Å². The van der Waals surface area contributed by atoms with Crippen LogP contribution in [0.2, 0.25) is 0 Å². The molecule has 3 N–H and O–H groups in total. The summed E-state index contributed by atoms with van der Waals surface area (Å²) in [6, 6.07) is 8.04. The lowest BCUT2D eigenvalue weighted by Gasteiger charge is -2.21. The first kappa shape index (κ1) is 15.8. The van der Waals surface area contributed by atoms with Gasteiger partial charge >= 0.3 is 0 Å². The van der Waals surface area contributed by atoms with Crippen LogP contribution in [0.25, 0.3) is 0 Å². The first-order chi connectivity index (χ1) is 10.1. The van der Waals surface area contributed by atoms with E-state index in [-0.39, 0.29) is 11.9 Å². The van der Waals surface area contributed by atoms with Gasteiger partial charge in [-0.1, -0.05) is 25.5 Å². The predicted molar refractivity (Wildman–Crippen MR) is 87.3 cm³/mol. The van der Waals surface area contributed by atoms with Crippen LogP contribution in [0.1, 0.15) is 51.1 Å². The number of nitrogens with one attached hydrogen (secondary N) is 1. The predicted octanol–water partition coefficient (Wildman–Crippen LogP) is 2.59. The molecule has 0 radical (unpaired) electrons. The van der Waals surface area contributed by atoms with Gasteiger partial charge in [0.15, 0.2) is 0 Å². The minimum absolute atomic E-state index is 0.0111. The average molecular weight is 289 g/mol. The highest BCUT2D eigenvalue weighted by molar-refractivity contribution is 5.81. The zero-order chi connectivity index (χ0) is 15.2. The molecule has 1 saturated heterocycles. The third-order valence-corrected chi connectivity index (χ3v) is 4.14. The second-order valence-electron chi connectivity index (χ2n) is 5.91. The minimum Gasteiger partial charge on any atom is -0.372 e. The third-order valence-electron chi connectivity index (χ3n) is 4.14. The first-order valence-corrected chi connectivity index (χ1v) is 8.02. The van der Waals surface area contributed by atoms with Gasteiger partial charge in [0, 0.05) is 18.8 Å². The van der Waals surface area contributed by atoms with E-state index in [9.17, 15) is 4.79 Å². The third kappa shape index (κ3) is 4.21. The van der Waals surface area contributed by atoms with Crippen LogP contribution in [0.3, 0.4) is 0 Å². The molecule has 1 aromatic rings.